The predicted octanol–water partition coefficient (Wildman–Crippen LogP) is 1.69. The summed E-state index contributed by atoms with van der Waals surface area (Å²) in [4.78, 5) is 10.7. The lowest BCUT2D eigenvalue weighted by Gasteiger charge is -2.21. The molecule has 0 aliphatic rings. The summed E-state index contributed by atoms with van der Waals surface area (Å²) in [6.45, 7) is 8.27. The fraction of sp³-hybridized carbons (Fsp3) is 0.667. The van der Waals surface area contributed by atoms with Gasteiger partial charge in [-0.05, 0) is 12.8 Å². The maximum Gasteiger partial charge on any atom is 0.158 e. The Kier molecular flexibility index (Phi) is 5.15. The summed E-state index contributed by atoms with van der Waals surface area (Å²) in [5, 5.41) is 0. The van der Waals surface area contributed by atoms with E-state index >= 15 is 0 Å². The van der Waals surface area contributed by atoms with Crippen molar-refractivity contribution in [3.8, 4) is 0 Å². The van der Waals surface area contributed by atoms with Crippen molar-refractivity contribution in [2.45, 2.75) is 27.4 Å². The van der Waals surface area contributed by atoms with Crippen molar-refractivity contribution >= 4 is 11.6 Å². The van der Waals surface area contributed by atoms with Crippen LogP contribution in [0.1, 0.15) is 26.6 Å². The van der Waals surface area contributed by atoms with Crippen molar-refractivity contribution < 1.29 is 4.74 Å². The van der Waals surface area contributed by atoms with Gasteiger partial charge in [0.25, 0.3) is 0 Å². The van der Waals surface area contributed by atoms with E-state index in [2.05, 4.69) is 28.7 Å². The Labute approximate surface area is 103 Å². The second kappa shape index (κ2) is 6.39. The first-order valence-electron chi connectivity index (χ1n) is 5.95. The minimum atomic E-state index is 0.407. The second-order valence-electron chi connectivity index (χ2n) is 4.48. The van der Waals surface area contributed by atoms with Gasteiger partial charge in [-0.25, -0.2) is 9.97 Å². The summed E-state index contributed by atoms with van der Waals surface area (Å²) < 4.78 is 5.29. The Morgan fingerprint density at radius 1 is 1.41 bits per heavy atom. The normalized spacial score (nSPS) is 10.9. The topological polar surface area (TPSA) is 64.3 Å². The summed E-state index contributed by atoms with van der Waals surface area (Å²) in [5.74, 6) is 2.55. The molecule has 0 aromatic carbocycles. The molecular weight excluding hydrogens is 216 g/mol. The Morgan fingerprint density at radius 2 is 2.12 bits per heavy atom. The molecule has 1 aromatic heterocycles. The van der Waals surface area contributed by atoms with Crippen LogP contribution >= 0.6 is 0 Å². The smallest absolute Gasteiger partial charge is 0.158 e. The highest BCUT2D eigenvalue weighted by atomic mass is 16.5. The number of ether oxygens (including phenoxy) is 1. The van der Waals surface area contributed by atoms with Gasteiger partial charge >= 0.3 is 0 Å². The summed E-state index contributed by atoms with van der Waals surface area (Å²) in [6, 6.07) is 1.79. The molecule has 1 rings (SSSR count). The zero-order valence-corrected chi connectivity index (χ0v) is 11.1. The Balaban J connectivity index is 2.80. The first-order chi connectivity index (χ1) is 8.02. The maximum absolute atomic E-state index is 5.77. The molecule has 0 saturated carbocycles. The van der Waals surface area contributed by atoms with Gasteiger partial charge in [0.1, 0.15) is 18.2 Å². The molecule has 0 atom stereocenters. The van der Waals surface area contributed by atoms with Crippen LogP contribution in [0.5, 0.6) is 0 Å². The van der Waals surface area contributed by atoms with Gasteiger partial charge < -0.3 is 15.4 Å². The molecule has 17 heavy (non-hydrogen) atoms. The average Bonchev–Trinajstić information content (AvgIpc) is 2.24. The highest BCUT2D eigenvalue weighted by Gasteiger charge is 2.08. The van der Waals surface area contributed by atoms with Crippen LogP contribution in [0.3, 0.4) is 0 Å². The lowest BCUT2D eigenvalue weighted by Crippen LogP contribution is -2.24. The van der Waals surface area contributed by atoms with Crippen molar-refractivity contribution in [3.05, 3.63) is 11.9 Å². The molecule has 0 aliphatic carbocycles. The van der Waals surface area contributed by atoms with Gasteiger partial charge in [0, 0.05) is 26.3 Å². The highest BCUT2D eigenvalue weighted by Crippen LogP contribution is 2.14. The molecule has 0 bridgehead atoms. The van der Waals surface area contributed by atoms with Gasteiger partial charge in [-0.3, -0.25) is 0 Å². The molecule has 0 saturated heterocycles. The van der Waals surface area contributed by atoms with E-state index in [-0.39, 0.29) is 0 Å². The minimum Gasteiger partial charge on any atom is -0.384 e. The second-order valence-corrected chi connectivity index (χ2v) is 4.48. The van der Waals surface area contributed by atoms with Crippen LogP contribution < -0.4 is 10.6 Å². The number of hydrogen-bond acceptors (Lipinski definition) is 5. The Bertz CT molecular complexity index is 354. The number of hydrogen-bond donors (Lipinski definition) is 1. The number of nitrogens with two attached hydrogens (primary N) is 1. The molecule has 0 aliphatic heterocycles. The zero-order valence-electron chi connectivity index (χ0n) is 11.1. The minimum absolute atomic E-state index is 0.407. The number of rotatable bonds is 6. The molecule has 96 valence electrons. The molecule has 5 nitrogen and oxygen atoms in total. The van der Waals surface area contributed by atoms with Crippen molar-refractivity contribution in [2.75, 3.05) is 30.8 Å². The number of nitrogens with zero attached hydrogens (tertiary/aromatic N) is 3. The predicted molar refractivity (Wildman–Crippen MR) is 69.9 cm³/mol. The third-order valence-corrected chi connectivity index (χ3v) is 2.24. The molecule has 5 heteroatoms. The van der Waals surface area contributed by atoms with Crippen LogP contribution in [-0.2, 0) is 11.3 Å². The van der Waals surface area contributed by atoms with E-state index in [1.807, 2.05) is 14.0 Å². The summed E-state index contributed by atoms with van der Waals surface area (Å²) in [6.07, 6.45) is 0. The van der Waals surface area contributed by atoms with Crippen LogP contribution in [0.4, 0.5) is 11.6 Å². The standard InChI is InChI=1S/C12H22N4O/c1-5-17-8-11-14-10(13)6-12(15-11)16(4)7-9(2)3/h6,9H,5,7-8H2,1-4H3,(H2,13,14,15). The molecule has 2 N–H and O–H groups in total. The molecule has 1 aromatic rings. The quantitative estimate of drug-likeness (QED) is 0.817. The summed E-state index contributed by atoms with van der Waals surface area (Å²) >= 11 is 0. The molecule has 0 amide bonds. The highest BCUT2D eigenvalue weighted by molar-refractivity contribution is 5.46. The zero-order chi connectivity index (χ0) is 12.8. The van der Waals surface area contributed by atoms with Crippen LogP contribution in [-0.4, -0.2) is 30.2 Å². The van der Waals surface area contributed by atoms with Crippen molar-refractivity contribution in [2.24, 2.45) is 5.92 Å². The largest absolute Gasteiger partial charge is 0.384 e. The Hall–Kier alpha value is -1.36. The van der Waals surface area contributed by atoms with Crippen molar-refractivity contribution in [1.82, 2.24) is 9.97 Å². The first kappa shape index (κ1) is 13.7. The fourth-order valence-electron chi connectivity index (χ4n) is 1.60. The van der Waals surface area contributed by atoms with E-state index in [0.717, 1.165) is 12.4 Å². The average molecular weight is 238 g/mol. The fourth-order valence-corrected chi connectivity index (χ4v) is 1.60. The van der Waals surface area contributed by atoms with Gasteiger partial charge in [-0.1, -0.05) is 13.8 Å². The van der Waals surface area contributed by atoms with E-state index in [1.54, 1.807) is 6.07 Å². The third-order valence-electron chi connectivity index (χ3n) is 2.24. The third kappa shape index (κ3) is 4.56. The van der Waals surface area contributed by atoms with Gasteiger partial charge in [0.2, 0.25) is 0 Å². The van der Waals surface area contributed by atoms with E-state index in [4.69, 9.17) is 10.5 Å². The Morgan fingerprint density at radius 3 is 2.71 bits per heavy atom. The van der Waals surface area contributed by atoms with Gasteiger partial charge in [-0.2, -0.15) is 0 Å². The lowest BCUT2D eigenvalue weighted by atomic mass is 10.2. The van der Waals surface area contributed by atoms with Crippen LogP contribution in [0.25, 0.3) is 0 Å². The van der Waals surface area contributed by atoms with E-state index in [1.165, 1.54) is 0 Å². The molecular formula is C12H22N4O. The molecule has 1 heterocycles. The monoisotopic (exact) mass is 238 g/mol. The molecule has 0 radical (unpaired) electrons. The van der Waals surface area contributed by atoms with Crippen LogP contribution in [0, 0.1) is 5.92 Å². The maximum atomic E-state index is 5.77. The molecule has 0 unspecified atom stereocenters. The molecule has 0 spiro atoms. The van der Waals surface area contributed by atoms with Crippen LogP contribution in [0.2, 0.25) is 0 Å². The van der Waals surface area contributed by atoms with Gasteiger partial charge in [0.05, 0.1) is 0 Å². The van der Waals surface area contributed by atoms with Gasteiger partial charge in [0.15, 0.2) is 5.82 Å². The molecule has 0 fully saturated rings. The summed E-state index contributed by atoms with van der Waals surface area (Å²) in [5.41, 5.74) is 5.77. The lowest BCUT2D eigenvalue weighted by molar-refractivity contribution is 0.128. The number of nitrogen functional groups attached to an aromatic ring is 1. The SMILES string of the molecule is CCOCc1nc(N)cc(N(C)CC(C)C)n1. The van der Waals surface area contributed by atoms with E-state index in [9.17, 15) is 0 Å². The first-order valence-corrected chi connectivity index (χ1v) is 5.95. The van der Waals surface area contributed by atoms with Crippen molar-refractivity contribution in [3.63, 3.8) is 0 Å². The van der Waals surface area contributed by atoms with Gasteiger partial charge in [-0.15, -0.1) is 0 Å². The number of aromatic nitrogens is 2. The van der Waals surface area contributed by atoms with Crippen molar-refractivity contribution in [1.29, 1.82) is 0 Å². The van der Waals surface area contributed by atoms with Crippen LogP contribution in [0.15, 0.2) is 6.07 Å². The summed E-state index contributed by atoms with van der Waals surface area (Å²) in [7, 11) is 2.01. The van der Waals surface area contributed by atoms with E-state index < -0.39 is 0 Å². The van der Waals surface area contributed by atoms with E-state index in [0.29, 0.717) is 30.8 Å². The number of anilines is 2.